The molecule has 0 aliphatic carbocycles. The quantitative estimate of drug-likeness (QED) is 0.682. The number of carboxylic acid groups (broad SMARTS) is 1. The van der Waals surface area contributed by atoms with E-state index in [1.165, 1.54) is 7.11 Å². The zero-order valence-corrected chi connectivity index (χ0v) is 8.78. The molecule has 0 saturated carbocycles. The van der Waals surface area contributed by atoms with Crippen LogP contribution < -0.4 is 10.5 Å². The van der Waals surface area contributed by atoms with Gasteiger partial charge in [-0.1, -0.05) is 0 Å². The van der Waals surface area contributed by atoms with Crippen LogP contribution in [0, 0.1) is 0 Å². The van der Waals surface area contributed by atoms with Crippen LogP contribution in [-0.4, -0.2) is 23.2 Å². The maximum atomic E-state index is 10.7. The van der Waals surface area contributed by atoms with Crippen molar-refractivity contribution in [3.63, 3.8) is 0 Å². The average Bonchev–Trinajstić information content (AvgIpc) is 2.59. The summed E-state index contributed by atoms with van der Waals surface area (Å²) in [5, 5.41) is 9.56. The van der Waals surface area contributed by atoms with Gasteiger partial charge in [0.2, 0.25) is 0 Å². The number of nitrogens with two attached hydrogens (primary N) is 1. The standard InChI is InChI=1S/C11H12N2O3/c1-16-9-4-7(12)3-8-11(9)6(5-13-8)2-10(14)15/h3-5,13H,2,12H2,1H3,(H,14,15). The maximum absolute atomic E-state index is 10.7. The molecule has 2 aromatic rings. The Labute approximate surface area is 91.8 Å². The van der Waals surface area contributed by atoms with E-state index in [-0.39, 0.29) is 6.42 Å². The number of ether oxygens (including phenoxy) is 1. The van der Waals surface area contributed by atoms with Gasteiger partial charge < -0.3 is 20.6 Å². The molecule has 0 atom stereocenters. The summed E-state index contributed by atoms with van der Waals surface area (Å²) in [4.78, 5) is 13.7. The highest BCUT2D eigenvalue weighted by Gasteiger charge is 2.12. The van der Waals surface area contributed by atoms with Crippen molar-refractivity contribution in [3.05, 3.63) is 23.9 Å². The number of methoxy groups -OCH3 is 1. The Morgan fingerprint density at radius 1 is 1.56 bits per heavy atom. The van der Waals surface area contributed by atoms with Gasteiger partial charge in [-0.15, -0.1) is 0 Å². The third-order valence-electron chi connectivity index (χ3n) is 2.41. The van der Waals surface area contributed by atoms with E-state index in [1.54, 1.807) is 18.3 Å². The Morgan fingerprint density at radius 2 is 2.31 bits per heavy atom. The second-order valence-corrected chi connectivity index (χ2v) is 3.53. The summed E-state index contributed by atoms with van der Waals surface area (Å²) in [6.45, 7) is 0. The smallest absolute Gasteiger partial charge is 0.307 e. The summed E-state index contributed by atoms with van der Waals surface area (Å²) >= 11 is 0. The summed E-state index contributed by atoms with van der Waals surface area (Å²) in [6, 6.07) is 3.44. The topological polar surface area (TPSA) is 88.3 Å². The van der Waals surface area contributed by atoms with E-state index in [0.717, 1.165) is 10.9 Å². The van der Waals surface area contributed by atoms with Gasteiger partial charge in [-0.25, -0.2) is 0 Å². The number of hydrogen-bond donors (Lipinski definition) is 3. The lowest BCUT2D eigenvalue weighted by Gasteiger charge is -2.05. The molecular formula is C11H12N2O3. The van der Waals surface area contributed by atoms with Gasteiger partial charge >= 0.3 is 5.97 Å². The monoisotopic (exact) mass is 220 g/mol. The summed E-state index contributed by atoms with van der Waals surface area (Å²) in [7, 11) is 1.53. The molecule has 84 valence electrons. The number of aliphatic carboxylic acids is 1. The second kappa shape index (κ2) is 3.77. The summed E-state index contributed by atoms with van der Waals surface area (Å²) < 4.78 is 5.20. The van der Waals surface area contributed by atoms with Crippen molar-refractivity contribution in [2.75, 3.05) is 12.8 Å². The van der Waals surface area contributed by atoms with Crippen LogP contribution in [0.15, 0.2) is 18.3 Å². The average molecular weight is 220 g/mol. The fraction of sp³-hybridized carbons (Fsp3) is 0.182. The number of nitrogen functional groups attached to an aromatic ring is 1. The Kier molecular flexibility index (Phi) is 2.44. The van der Waals surface area contributed by atoms with Crippen LogP contribution in [0.4, 0.5) is 5.69 Å². The van der Waals surface area contributed by atoms with Crippen molar-refractivity contribution in [2.45, 2.75) is 6.42 Å². The molecule has 4 N–H and O–H groups in total. The van der Waals surface area contributed by atoms with E-state index in [0.29, 0.717) is 17.0 Å². The number of nitrogens with one attached hydrogen (secondary N) is 1. The molecule has 0 saturated heterocycles. The summed E-state index contributed by atoms with van der Waals surface area (Å²) in [5.74, 6) is -0.285. The SMILES string of the molecule is COc1cc(N)cc2[nH]cc(CC(=O)O)c12. The second-order valence-electron chi connectivity index (χ2n) is 3.53. The minimum Gasteiger partial charge on any atom is -0.496 e. The highest BCUT2D eigenvalue weighted by atomic mass is 16.5. The van der Waals surface area contributed by atoms with Crippen molar-refractivity contribution in [3.8, 4) is 5.75 Å². The first kappa shape index (κ1) is 10.4. The van der Waals surface area contributed by atoms with Gasteiger partial charge in [0.25, 0.3) is 0 Å². The van der Waals surface area contributed by atoms with Gasteiger partial charge in [-0.2, -0.15) is 0 Å². The summed E-state index contributed by atoms with van der Waals surface area (Å²) in [6.07, 6.45) is 1.63. The lowest BCUT2D eigenvalue weighted by molar-refractivity contribution is -0.136. The Balaban J connectivity index is 2.64. The van der Waals surface area contributed by atoms with Crippen molar-refractivity contribution in [2.24, 2.45) is 0 Å². The Hall–Kier alpha value is -2.17. The van der Waals surface area contributed by atoms with E-state index >= 15 is 0 Å². The molecular weight excluding hydrogens is 208 g/mol. The van der Waals surface area contributed by atoms with Gasteiger partial charge in [-0.3, -0.25) is 4.79 Å². The number of rotatable bonds is 3. The molecule has 1 heterocycles. The normalized spacial score (nSPS) is 10.6. The molecule has 0 aliphatic heterocycles. The third-order valence-corrected chi connectivity index (χ3v) is 2.41. The minimum absolute atomic E-state index is 0.0414. The number of fused-ring (bicyclic) bond motifs is 1. The number of anilines is 1. The molecule has 0 aliphatic rings. The first-order valence-electron chi connectivity index (χ1n) is 4.77. The van der Waals surface area contributed by atoms with Crippen LogP contribution in [0.25, 0.3) is 10.9 Å². The van der Waals surface area contributed by atoms with Gasteiger partial charge in [0.15, 0.2) is 0 Å². The van der Waals surface area contributed by atoms with Gasteiger partial charge in [0.05, 0.1) is 19.0 Å². The number of aromatic nitrogens is 1. The zero-order valence-electron chi connectivity index (χ0n) is 8.78. The third kappa shape index (κ3) is 1.67. The highest BCUT2D eigenvalue weighted by Crippen LogP contribution is 2.31. The fourth-order valence-electron chi connectivity index (χ4n) is 1.78. The lowest BCUT2D eigenvalue weighted by Crippen LogP contribution is -1.99. The maximum Gasteiger partial charge on any atom is 0.307 e. The molecule has 16 heavy (non-hydrogen) atoms. The molecule has 0 fully saturated rings. The van der Waals surface area contributed by atoms with Crippen LogP contribution in [0.1, 0.15) is 5.56 Å². The fourth-order valence-corrected chi connectivity index (χ4v) is 1.78. The summed E-state index contributed by atoms with van der Waals surface area (Å²) in [5.41, 5.74) is 7.75. The van der Waals surface area contributed by atoms with Crippen molar-refractivity contribution in [1.82, 2.24) is 4.98 Å². The molecule has 0 unspecified atom stereocenters. The number of hydrogen-bond acceptors (Lipinski definition) is 3. The lowest BCUT2D eigenvalue weighted by atomic mass is 10.1. The van der Waals surface area contributed by atoms with Crippen LogP contribution in [0.2, 0.25) is 0 Å². The zero-order chi connectivity index (χ0) is 11.7. The molecule has 5 heteroatoms. The molecule has 0 bridgehead atoms. The molecule has 5 nitrogen and oxygen atoms in total. The van der Waals surface area contributed by atoms with E-state index in [9.17, 15) is 4.79 Å². The van der Waals surface area contributed by atoms with Crippen molar-refractivity contribution in [1.29, 1.82) is 0 Å². The number of H-pyrrole nitrogens is 1. The predicted octanol–water partition coefficient (Wildman–Crippen LogP) is 1.39. The Morgan fingerprint density at radius 3 is 2.94 bits per heavy atom. The van der Waals surface area contributed by atoms with E-state index in [2.05, 4.69) is 4.98 Å². The molecule has 0 radical (unpaired) electrons. The predicted molar refractivity (Wildman–Crippen MR) is 60.6 cm³/mol. The molecule has 2 rings (SSSR count). The highest BCUT2D eigenvalue weighted by molar-refractivity contribution is 5.94. The van der Waals surface area contributed by atoms with Crippen molar-refractivity contribution >= 4 is 22.6 Å². The van der Waals surface area contributed by atoms with Gasteiger partial charge in [-0.05, 0) is 11.6 Å². The van der Waals surface area contributed by atoms with Crippen LogP contribution in [0.3, 0.4) is 0 Å². The first-order valence-corrected chi connectivity index (χ1v) is 4.77. The number of aromatic amines is 1. The Bertz CT molecular complexity index is 545. The largest absolute Gasteiger partial charge is 0.496 e. The van der Waals surface area contributed by atoms with E-state index < -0.39 is 5.97 Å². The minimum atomic E-state index is -0.875. The first-order chi connectivity index (χ1) is 7.61. The van der Waals surface area contributed by atoms with Crippen LogP contribution in [0.5, 0.6) is 5.75 Å². The number of benzene rings is 1. The number of carboxylic acids is 1. The van der Waals surface area contributed by atoms with E-state index in [4.69, 9.17) is 15.6 Å². The van der Waals surface area contributed by atoms with Gasteiger partial charge in [0, 0.05) is 23.3 Å². The van der Waals surface area contributed by atoms with Crippen LogP contribution >= 0.6 is 0 Å². The molecule has 0 spiro atoms. The molecule has 0 amide bonds. The molecule has 1 aromatic carbocycles. The molecule has 1 aromatic heterocycles. The van der Waals surface area contributed by atoms with Crippen molar-refractivity contribution < 1.29 is 14.6 Å². The number of carbonyl (C=O) groups is 1. The van der Waals surface area contributed by atoms with Gasteiger partial charge in [0.1, 0.15) is 5.75 Å². The van der Waals surface area contributed by atoms with Crippen LogP contribution in [-0.2, 0) is 11.2 Å². The van der Waals surface area contributed by atoms with E-state index in [1.807, 2.05) is 0 Å².